The first-order valence-corrected chi connectivity index (χ1v) is 16.8. The second-order valence-electron chi connectivity index (χ2n) is 16.1. The Morgan fingerprint density at radius 1 is 0.860 bits per heavy atom. The molecular weight excluding hydrogens is 544 g/mol. The Labute approximate surface area is 257 Å². The zero-order valence-electron chi connectivity index (χ0n) is 27.3. The molecule has 0 aromatic rings. The van der Waals surface area contributed by atoms with Crippen LogP contribution in [0.3, 0.4) is 0 Å². The van der Waals surface area contributed by atoms with Crippen LogP contribution in [0.4, 0.5) is 0 Å². The van der Waals surface area contributed by atoms with E-state index in [1.165, 1.54) is 0 Å². The van der Waals surface area contributed by atoms with Gasteiger partial charge < -0.3 is 14.6 Å². The summed E-state index contributed by atoms with van der Waals surface area (Å²) in [5.74, 6) is -0.113. The third kappa shape index (κ3) is 4.64. The van der Waals surface area contributed by atoms with Crippen molar-refractivity contribution in [2.45, 2.75) is 125 Å². The molecule has 0 saturated heterocycles. The summed E-state index contributed by atoms with van der Waals surface area (Å²) in [4.78, 5) is 49.3. The quantitative estimate of drug-likeness (QED) is 0.179. The van der Waals surface area contributed by atoms with E-state index < -0.39 is 17.4 Å². The number of ether oxygens (including phenoxy) is 2. The van der Waals surface area contributed by atoms with Gasteiger partial charge in [-0.05, 0) is 123 Å². The molecule has 0 amide bonds. The van der Waals surface area contributed by atoms with Gasteiger partial charge in [0.05, 0.1) is 24.9 Å². The number of hydrogen-bond donors (Lipinski definition) is 1. The van der Waals surface area contributed by atoms with Crippen LogP contribution < -0.4 is 0 Å². The van der Waals surface area contributed by atoms with Gasteiger partial charge in [0.25, 0.3) is 0 Å². The van der Waals surface area contributed by atoms with E-state index in [1.54, 1.807) is 0 Å². The third-order valence-corrected chi connectivity index (χ3v) is 14.5. The fraction of sp³-hybridized carbons (Fsp3) is 0.833. The molecule has 0 aromatic carbocycles. The summed E-state index contributed by atoms with van der Waals surface area (Å²) in [6, 6.07) is 0. The summed E-state index contributed by atoms with van der Waals surface area (Å²) in [6.45, 7) is 18.5. The molecule has 0 heterocycles. The summed E-state index contributed by atoms with van der Waals surface area (Å²) in [7, 11) is 0. The largest absolute Gasteiger partial charge is 0.481 e. The molecular formula is C36H54O7. The molecule has 7 heteroatoms. The minimum Gasteiger partial charge on any atom is -0.481 e. The first kappa shape index (κ1) is 32.2. The Kier molecular flexibility index (Phi) is 8.25. The second-order valence-corrected chi connectivity index (χ2v) is 16.1. The number of aldehydes is 1. The van der Waals surface area contributed by atoms with E-state index in [-0.39, 0.29) is 58.4 Å². The van der Waals surface area contributed by atoms with Crippen molar-refractivity contribution in [2.24, 2.45) is 56.7 Å². The van der Waals surface area contributed by atoms with Gasteiger partial charge in [0, 0.05) is 5.41 Å². The molecule has 1 N–H and O–H groups in total. The van der Waals surface area contributed by atoms with Crippen molar-refractivity contribution >= 4 is 24.2 Å². The van der Waals surface area contributed by atoms with Gasteiger partial charge >= 0.3 is 17.9 Å². The lowest BCUT2D eigenvalue weighted by molar-refractivity contribution is -0.251. The smallest absolute Gasteiger partial charge is 0.312 e. The van der Waals surface area contributed by atoms with E-state index in [0.29, 0.717) is 29.9 Å². The van der Waals surface area contributed by atoms with Crippen LogP contribution in [0.25, 0.3) is 0 Å². The Balaban J connectivity index is 1.45. The number of hydrogen-bond acceptors (Lipinski definition) is 6. The fourth-order valence-corrected chi connectivity index (χ4v) is 12.3. The van der Waals surface area contributed by atoms with Gasteiger partial charge in [-0.25, -0.2) is 0 Å². The van der Waals surface area contributed by atoms with Gasteiger partial charge in [-0.2, -0.15) is 0 Å². The number of carbonyl (C=O) groups is 4. The highest BCUT2D eigenvalue weighted by atomic mass is 16.5. The van der Waals surface area contributed by atoms with E-state index in [9.17, 15) is 19.2 Å². The number of carboxylic acids is 1. The standard InChI is InChI=1S/C36H54O7/c1-8-42-31(41)36-18-13-23(22(2)21-37)30(36)24-9-10-26-33(5)16-15-27(43-29(40)12-11-28(38)39)32(3,4)25(33)14-17-35(26,7)34(24,6)19-20-36/h21,23-27,30H,2,8-20H2,1,3-7H3,(H,38,39). The van der Waals surface area contributed by atoms with Crippen LogP contribution in [0, 0.1) is 56.7 Å². The molecule has 0 spiro atoms. The molecule has 43 heavy (non-hydrogen) atoms. The van der Waals surface area contributed by atoms with E-state index in [4.69, 9.17) is 14.6 Å². The zero-order valence-corrected chi connectivity index (χ0v) is 27.3. The molecule has 240 valence electrons. The van der Waals surface area contributed by atoms with Crippen molar-refractivity contribution in [1.82, 2.24) is 0 Å². The molecule has 5 aliphatic carbocycles. The monoisotopic (exact) mass is 598 g/mol. The Morgan fingerprint density at radius 2 is 1.58 bits per heavy atom. The normalized spacial score (nSPS) is 44.5. The van der Waals surface area contributed by atoms with Crippen molar-refractivity contribution in [3.05, 3.63) is 12.2 Å². The molecule has 10 atom stereocenters. The highest BCUT2D eigenvalue weighted by Gasteiger charge is 2.72. The van der Waals surface area contributed by atoms with Crippen LogP contribution in [0.1, 0.15) is 119 Å². The van der Waals surface area contributed by atoms with Crippen molar-refractivity contribution in [3.63, 3.8) is 0 Å². The summed E-state index contributed by atoms with van der Waals surface area (Å²) in [6.07, 6.45) is 9.90. The van der Waals surface area contributed by atoms with E-state index in [0.717, 1.165) is 70.5 Å². The number of fused-ring (bicyclic) bond motifs is 7. The Hall–Kier alpha value is -2.18. The number of carbonyl (C=O) groups excluding carboxylic acids is 3. The van der Waals surface area contributed by atoms with Gasteiger partial charge in [0.1, 0.15) is 12.4 Å². The van der Waals surface area contributed by atoms with E-state index in [2.05, 4.69) is 41.2 Å². The average Bonchev–Trinajstić information content (AvgIpc) is 3.34. The summed E-state index contributed by atoms with van der Waals surface area (Å²) >= 11 is 0. The van der Waals surface area contributed by atoms with Crippen LogP contribution in [0.5, 0.6) is 0 Å². The molecule has 0 radical (unpaired) electrons. The minimum atomic E-state index is -0.982. The van der Waals surface area contributed by atoms with E-state index >= 15 is 0 Å². The van der Waals surface area contributed by atoms with Gasteiger partial charge in [-0.1, -0.05) is 41.2 Å². The van der Waals surface area contributed by atoms with Gasteiger partial charge in [-0.15, -0.1) is 0 Å². The molecule has 0 bridgehead atoms. The first-order chi connectivity index (χ1) is 20.1. The van der Waals surface area contributed by atoms with Crippen molar-refractivity contribution in [3.8, 4) is 0 Å². The van der Waals surface area contributed by atoms with Crippen molar-refractivity contribution in [2.75, 3.05) is 6.61 Å². The summed E-state index contributed by atoms with van der Waals surface area (Å²) in [5, 5.41) is 9.02. The van der Waals surface area contributed by atoms with Crippen LogP contribution in [0.2, 0.25) is 0 Å². The lowest BCUT2D eigenvalue weighted by Gasteiger charge is -2.72. The first-order valence-electron chi connectivity index (χ1n) is 16.8. The fourth-order valence-electron chi connectivity index (χ4n) is 12.3. The minimum absolute atomic E-state index is 0.0284. The maximum atomic E-state index is 13.7. The second kappa shape index (κ2) is 11.0. The molecule has 10 unspecified atom stereocenters. The van der Waals surface area contributed by atoms with Crippen molar-refractivity contribution < 1.29 is 33.8 Å². The molecule has 0 aliphatic heterocycles. The number of allylic oxidation sites excluding steroid dienone is 1. The predicted octanol–water partition coefficient (Wildman–Crippen LogP) is 7.16. The molecule has 5 aliphatic rings. The number of carboxylic acid groups (broad SMARTS) is 1. The van der Waals surface area contributed by atoms with Gasteiger partial charge in [0.15, 0.2) is 0 Å². The summed E-state index contributed by atoms with van der Waals surface area (Å²) in [5.41, 5.74) is 0.104. The van der Waals surface area contributed by atoms with Crippen LogP contribution in [-0.4, -0.2) is 42.0 Å². The van der Waals surface area contributed by atoms with Crippen LogP contribution in [-0.2, 0) is 28.7 Å². The SMILES string of the molecule is C=C(C=O)C1CCC2(C(=O)OCC)CCC3(C)C(CCC4C5(C)CCC(OC(=O)CCC(=O)O)C(C)(C)C5CCC43C)C12. The average molecular weight is 599 g/mol. The predicted molar refractivity (Wildman–Crippen MR) is 163 cm³/mol. The summed E-state index contributed by atoms with van der Waals surface area (Å²) < 4.78 is 11.7. The molecule has 5 fully saturated rings. The highest BCUT2D eigenvalue weighted by molar-refractivity contribution is 5.80. The molecule has 0 aromatic heterocycles. The van der Waals surface area contributed by atoms with Gasteiger partial charge in [0.2, 0.25) is 0 Å². The number of aliphatic carboxylic acids is 1. The van der Waals surface area contributed by atoms with Crippen molar-refractivity contribution in [1.29, 1.82) is 0 Å². The Morgan fingerprint density at radius 3 is 2.23 bits per heavy atom. The zero-order chi connectivity index (χ0) is 31.6. The van der Waals surface area contributed by atoms with E-state index in [1.807, 2.05) is 6.92 Å². The van der Waals surface area contributed by atoms with Crippen LogP contribution in [0.15, 0.2) is 12.2 Å². The molecule has 5 rings (SSSR count). The third-order valence-electron chi connectivity index (χ3n) is 14.5. The topological polar surface area (TPSA) is 107 Å². The van der Waals surface area contributed by atoms with Gasteiger partial charge in [-0.3, -0.25) is 19.2 Å². The maximum absolute atomic E-state index is 13.7. The lowest BCUT2D eigenvalue weighted by atomic mass is 9.32. The molecule has 7 nitrogen and oxygen atoms in total. The highest BCUT2D eigenvalue weighted by Crippen LogP contribution is 2.77. The Bertz CT molecular complexity index is 1170. The lowest BCUT2D eigenvalue weighted by Crippen LogP contribution is -2.67. The number of esters is 2. The molecule has 5 saturated carbocycles. The number of rotatable bonds is 8. The van der Waals surface area contributed by atoms with Crippen LogP contribution >= 0.6 is 0 Å². The maximum Gasteiger partial charge on any atom is 0.312 e.